The van der Waals surface area contributed by atoms with Crippen molar-refractivity contribution in [3.05, 3.63) is 64.4 Å². The van der Waals surface area contributed by atoms with Gasteiger partial charge in [-0.05, 0) is 29.8 Å². The van der Waals surface area contributed by atoms with Crippen LogP contribution in [-0.2, 0) is 17.9 Å². The van der Waals surface area contributed by atoms with Crippen LogP contribution >= 0.6 is 11.6 Å². The molecule has 8 nitrogen and oxygen atoms in total. The molecule has 1 atom stereocenters. The molecule has 1 aliphatic heterocycles. The molecule has 0 fully saturated rings. The molecule has 9 heteroatoms. The summed E-state index contributed by atoms with van der Waals surface area (Å²) in [7, 11) is 3.09. The van der Waals surface area contributed by atoms with Gasteiger partial charge in [0.2, 0.25) is 0 Å². The third kappa shape index (κ3) is 3.90. The second-order valence-corrected chi connectivity index (χ2v) is 6.87. The number of hydrogen-bond acceptors (Lipinski definition) is 6. The molecule has 0 saturated heterocycles. The van der Waals surface area contributed by atoms with Crippen LogP contribution in [-0.4, -0.2) is 35.1 Å². The lowest BCUT2D eigenvalue weighted by atomic mass is 10.1. The van der Waals surface area contributed by atoms with Crippen molar-refractivity contribution in [3.8, 4) is 11.5 Å². The fourth-order valence-electron chi connectivity index (χ4n) is 3.15. The van der Waals surface area contributed by atoms with Crippen LogP contribution < -0.4 is 14.8 Å². The molecule has 1 amide bonds. The number of nitrogens with one attached hydrogen (secondary N) is 1. The summed E-state index contributed by atoms with van der Waals surface area (Å²) in [5, 5.41) is 11.7. The number of nitrogens with zero attached hydrogens (tertiary/aromatic N) is 3. The number of halogens is 1. The molecule has 29 heavy (non-hydrogen) atoms. The van der Waals surface area contributed by atoms with Gasteiger partial charge in [0.1, 0.15) is 17.6 Å². The summed E-state index contributed by atoms with van der Waals surface area (Å²) < 4.78 is 18.1. The zero-order valence-electron chi connectivity index (χ0n) is 15.9. The fourth-order valence-corrected chi connectivity index (χ4v) is 3.28. The lowest BCUT2D eigenvalue weighted by Gasteiger charge is -2.24. The molecule has 2 heterocycles. The number of fused-ring (bicyclic) bond motifs is 1. The van der Waals surface area contributed by atoms with Crippen LogP contribution in [0.25, 0.3) is 0 Å². The van der Waals surface area contributed by atoms with Crippen LogP contribution in [0.2, 0.25) is 5.02 Å². The van der Waals surface area contributed by atoms with Crippen molar-refractivity contribution in [2.24, 2.45) is 0 Å². The summed E-state index contributed by atoms with van der Waals surface area (Å²) >= 11 is 5.95. The molecule has 1 N–H and O–H groups in total. The van der Waals surface area contributed by atoms with E-state index in [1.165, 1.54) is 7.11 Å². The summed E-state index contributed by atoms with van der Waals surface area (Å²) in [6.45, 7) is 0.686. The lowest BCUT2D eigenvalue weighted by Crippen LogP contribution is -2.24. The van der Waals surface area contributed by atoms with Crippen molar-refractivity contribution < 1.29 is 19.0 Å². The molecule has 1 aromatic heterocycles. The number of amides is 1. The van der Waals surface area contributed by atoms with Gasteiger partial charge in [-0.25, -0.2) is 4.68 Å². The maximum absolute atomic E-state index is 12.8. The van der Waals surface area contributed by atoms with E-state index in [1.807, 2.05) is 24.3 Å². The number of aromatic nitrogens is 3. The number of carbonyl (C=O) groups excluding carboxylic acids is 1. The first kappa shape index (κ1) is 19.2. The summed E-state index contributed by atoms with van der Waals surface area (Å²) in [6.07, 6.45) is -0.181. The molecule has 0 saturated carbocycles. The van der Waals surface area contributed by atoms with Gasteiger partial charge in [0.05, 0.1) is 38.8 Å². The van der Waals surface area contributed by atoms with Gasteiger partial charge in [-0.3, -0.25) is 4.79 Å². The lowest BCUT2D eigenvalue weighted by molar-refractivity contribution is -0.00171. The normalized spacial score (nSPS) is 15.5. The Kier molecular flexibility index (Phi) is 5.37. The van der Waals surface area contributed by atoms with Crippen LogP contribution in [0.5, 0.6) is 11.5 Å². The van der Waals surface area contributed by atoms with E-state index in [2.05, 4.69) is 15.6 Å². The summed E-state index contributed by atoms with van der Waals surface area (Å²) in [5.41, 5.74) is 2.35. The maximum Gasteiger partial charge on any atom is 0.278 e. The predicted molar refractivity (Wildman–Crippen MR) is 107 cm³/mol. The molecular weight excluding hydrogens is 396 g/mol. The minimum absolute atomic E-state index is 0.181. The third-order valence-corrected chi connectivity index (χ3v) is 4.96. The molecule has 2 aromatic carbocycles. The standard InChI is InChI=1S/C20H19ClN4O4/c1-27-14-7-8-15(17(9-14)28-2)22-20(26)19-16-11-29-18(10-25(16)24-23-19)12-3-5-13(21)6-4-12/h3-9,18H,10-11H2,1-2H3,(H,22,26)/t18-/m0/s1. The van der Waals surface area contributed by atoms with E-state index in [0.717, 1.165) is 5.56 Å². The Hall–Kier alpha value is -3.10. The highest BCUT2D eigenvalue weighted by atomic mass is 35.5. The topological polar surface area (TPSA) is 87.5 Å². The number of benzene rings is 2. The van der Waals surface area contributed by atoms with Gasteiger partial charge in [-0.1, -0.05) is 28.9 Å². The Morgan fingerprint density at radius 1 is 1.21 bits per heavy atom. The van der Waals surface area contributed by atoms with E-state index in [1.54, 1.807) is 30.0 Å². The molecule has 0 spiro atoms. The van der Waals surface area contributed by atoms with Gasteiger partial charge >= 0.3 is 0 Å². The number of rotatable bonds is 5. The highest BCUT2D eigenvalue weighted by molar-refractivity contribution is 6.30. The number of anilines is 1. The van der Waals surface area contributed by atoms with Gasteiger partial charge < -0.3 is 19.5 Å². The minimum Gasteiger partial charge on any atom is -0.497 e. The van der Waals surface area contributed by atoms with E-state index in [9.17, 15) is 4.79 Å². The molecule has 4 rings (SSSR count). The summed E-state index contributed by atoms with van der Waals surface area (Å²) in [6, 6.07) is 12.6. The zero-order chi connectivity index (χ0) is 20.4. The van der Waals surface area contributed by atoms with Crippen LogP contribution in [0, 0.1) is 0 Å². The number of methoxy groups -OCH3 is 2. The van der Waals surface area contributed by atoms with E-state index >= 15 is 0 Å². The van der Waals surface area contributed by atoms with E-state index < -0.39 is 0 Å². The summed E-state index contributed by atoms with van der Waals surface area (Å²) in [5.74, 6) is 0.726. The average molecular weight is 415 g/mol. The molecule has 0 bridgehead atoms. The SMILES string of the molecule is COc1ccc(NC(=O)c2nnn3c2CO[C@H](c2ccc(Cl)cc2)C3)c(OC)c1. The van der Waals surface area contributed by atoms with E-state index in [-0.39, 0.29) is 24.3 Å². The molecule has 3 aromatic rings. The van der Waals surface area contributed by atoms with Crippen LogP contribution in [0.15, 0.2) is 42.5 Å². The second-order valence-electron chi connectivity index (χ2n) is 6.44. The minimum atomic E-state index is -0.386. The molecule has 150 valence electrons. The highest BCUT2D eigenvalue weighted by Gasteiger charge is 2.28. The Balaban J connectivity index is 1.52. The monoisotopic (exact) mass is 414 g/mol. The van der Waals surface area contributed by atoms with Crippen molar-refractivity contribution in [1.82, 2.24) is 15.0 Å². The van der Waals surface area contributed by atoms with Gasteiger partial charge in [0, 0.05) is 11.1 Å². The Morgan fingerprint density at radius 3 is 2.72 bits per heavy atom. The van der Waals surface area contributed by atoms with Crippen LogP contribution in [0.1, 0.15) is 27.8 Å². The van der Waals surface area contributed by atoms with Crippen molar-refractivity contribution >= 4 is 23.2 Å². The smallest absolute Gasteiger partial charge is 0.278 e. The third-order valence-electron chi connectivity index (χ3n) is 4.71. The van der Waals surface area contributed by atoms with Gasteiger partial charge in [-0.15, -0.1) is 5.10 Å². The molecule has 0 aliphatic carbocycles. The molecular formula is C20H19ClN4O4. The number of ether oxygens (including phenoxy) is 3. The second kappa shape index (κ2) is 8.10. The average Bonchev–Trinajstić information content (AvgIpc) is 3.18. The first-order chi connectivity index (χ1) is 14.1. The van der Waals surface area contributed by atoms with Gasteiger partial charge in [0.15, 0.2) is 5.69 Å². The van der Waals surface area contributed by atoms with Crippen LogP contribution in [0.4, 0.5) is 5.69 Å². The Bertz CT molecular complexity index is 1040. The Morgan fingerprint density at radius 2 is 2.00 bits per heavy atom. The molecule has 1 aliphatic rings. The predicted octanol–water partition coefficient (Wildman–Crippen LogP) is 3.47. The van der Waals surface area contributed by atoms with Crippen LogP contribution in [0.3, 0.4) is 0 Å². The largest absolute Gasteiger partial charge is 0.497 e. The summed E-state index contributed by atoms with van der Waals surface area (Å²) in [4.78, 5) is 12.8. The van der Waals surface area contributed by atoms with Crippen molar-refractivity contribution in [1.29, 1.82) is 0 Å². The number of carbonyl (C=O) groups is 1. The highest BCUT2D eigenvalue weighted by Crippen LogP contribution is 2.31. The van der Waals surface area contributed by atoms with Crippen molar-refractivity contribution in [3.63, 3.8) is 0 Å². The van der Waals surface area contributed by atoms with E-state index in [4.69, 9.17) is 25.8 Å². The van der Waals surface area contributed by atoms with E-state index in [0.29, 0.717) is 34.4 Å². The number of hydrogen-bond donors (Lipinski definition) is 1. The first-order valence-electron chi connectivity index (χ1n) is 8.92. The first-order valence-corrected chi connectivity index (χ1v) is 9.29. The van der Waals surface area contributed by atoms with Crippen molar-refractivity contribution in [2.45, 2.75) is 19.3 Å². The van der Waals surface area contributed by atoms with Gasteiger partial charge in [0.25, 0.3) is 5.91 Å². The quantitative estimate of drug-likeness (QED) is 0.687. The molecule has 0 unspecified atom stereocenters. The fraction of sp³-hybridized carbons (Fsp3) is 0.250. The molecule has 0 radical (unpaired) electrons. The maximum atomic E-state index is 12.8. The van der Waals surface area contributed by atoms with Crippen molar-refractivity contribution in [2.75, 3.05) is 19.5 Å². The van der Waals surface area contributed by atoms with Gasteiger partial charge in [-0.2, -0.15) is 0 Å². The Labute approximate surface area is 172 Å². The zero-order valence-corrected chi connectivity index (χ0v) is 16.6.